The normalized spacial score (nSPS) is 19.1. The van der Waals surface area contributed by atoms with E-state index in [4.69, 9.17) is 21.7 Å². The molecule has 0 spiro atoms. The van der Waals surface area contributed by atoms with Crippen LogP contribution in [0.5, 0.6) is 0 Å². The van der Waals surface area contributed by atoms with Crippen molar-refractivity contribution in [2.45, 2.75) is 37.8 Å². The van der Waals surface area contributed by atoms with Crippen LogP contribution in [0, 0.1) is 0 Å². The van der Waals surface area contributed by atoms with Gasteiger partial charge in [-0.05, 0) is 48.9 Å². The quantitative estimate of drug-likeness (QED) is 0.390. The Morgan fingerprint density at radius 2 is 1.12 bits per heavy atom. The first-order valence-corrected chi connectivity index (χ1v) is 10.6. The Hall–Kier alpha value is -3.36. The number of fused-ring (bicyclic) bond motifs is 2. The highest BCUT2D eigenvalue weighted by molar-refractivity contribution is 5.89. The van der Waals surface area contributed by atoms with Crippen molar-refractivity contribution in [3.63, 3.8) is 0 Å². The Morgan fingerprint density at radius 1 is 0.750 bits per heavy atom. The average Bonchev–Trinajstić information content (AvgIpc) is 3.09. The summed E-state index contributed by atoms with van der Waals surface area (Å²) >= 11 is 0. The van der Waals surface area contributed by atoms with E-state index in [0.29, 0.717) is 24.2 Å². The third kappa shape index (κ3) is 9.20. The number of carboxylic acids is 2. The molecule has 2 aliphatic heterocycles. The summed E-state index contributed by atoms with van der Waals surface area (Å²) in [5.74, 6) is -2.51. The molecule has 8 nitrogen and oxygen atoms in total. The number of anilines is 2. The Bertz CT molecular complexity index is 789. The lowest BCUT2D eigenvalue weighted by Gasteiger charge is -2.07. The molecule has 32 heavy (non-hydrogen) atoms. The van der Waals surface area contributed by atoms with E-state index in [0.717, 1.165) is 38.8 Å². The maximum absolute atomic E-state index is 9.55. The van der Waals surface area contributed by atoms with Gasteiger partial charge in [0.15, 0.2) is 0 Å². The van der Waals surface area contributed by atoms with E-state index in [-0.39, 0.29) is 0 Å². The maximum Gasteiger partial charge on any atom is 0.328 e. The third-order valence-electron chi connectivity index (χ3n) is 5.08. The third-order valence-corrected chi connectivity index (χ3v) is 5.08. The summed E-state index contributed by atoms with van der Waals surface area (Å²) < 4.78 is 0. The summed E-state index contributed by atoms with van der Waals surface area (Å²) in [7, 11) is 0. The summed E-state index contributed by atoms with van der Waals surface area (Å²) in [5, 5.41) is 22.3. The number of aliphatic carboxylic acids is 2. The minimum atomic E-state index is -1.26. The van der Waals surface area contributed by atoms with Gasteiger partial charge in [-0.25, -0.2) is 9.59 Å². The molecule has 0 aliphatic carbocycles. The van der Waals surface area contributed by atoms with Crippen LogP contribution in [-0.4, -0.2) is 47.3 Å². The van der Waals surface area contributed by atoms with Crippen LogP contribution in [0.2, 0.25) is 0 Å². The molecule has 0 fully saturated rings. The molecule has 8 heteroatoms. The molecule has 2 aliphatic rings. The van der Waals surface area contributed by atoms with Gasteiger partial charge < -0.3 is 32.3 Å². The SMILES string of the molecule is NC1CCc2ccccc2NC1.NC1CCc2ccccc2NC1.O=C(O)C=CC(=O)O. The second kappa shape index (κ2) is 13.1. The lowest BCUT2D eigenvalue weighted by atomic mass is 10.1. The first-order valence-electron chi connectivity index (χ1n) is 10.6. The fourth-order valence-corrected chi connectivity index (χ4v) is 3.33. The van der Waals surface area contributed by atoms with Crippen molar-refractivity contribution in [3.8, 4) is 0 Å². The van der Waals surface area contributed by atoms with Gasteiger partial charge in [0, 0.05) is 48.7 Å². The van der Waals surface area contributed by atoms with Gasteiger partial charge in [0.2, 0.25) is 0 Å². The first-order chi connectivity index (χ1) is 15.3. The number of carboxylic acid groups (broad SMARTS) is 2. The number of nitrogens with one attached hydrogen (secondary N) is 2. The fourth-order valence-electron chi connectivity index (χ4n) is 3.33. The predicted octanol–water partition coefficient (Wildman–Crippen LogP) is 2.46. The molecule has 2 atom stereocenters. The van der Waals surface area contributed by atoms with Crippen molar-refractivity contribution >= 4 is 23.3 Å². The number of hydrogen-bond donors (Lipinski definition) is 6. The zero-order valence-electron chi connectivity index (χ0n) is 18.0. The molecular formula is C24H32N4O4. The molecule has 0 bridgehead atoms. The minimum Gasteiger partial charge on any atom is -0.478 e. The smallest absolute Gasteiger partial charge is 0.328 e. The fraction of sp³-hybridized carbons (Fsp3) is 0.333. The van der Waals surface area contributed by atoms with Gasteiger partial charge in [0.1, 0.15) is 0 Å². The van der Waals surface area contributed by atoms with E-state index in [1.54, 1.807) is 0 Å². The number of carbonyl (C=O) groups is 2. The molecule has 0 aromatic heterocycles. The average molecular weight is 441 g/mol. The van der Waals surface area contributed by atoms with Crippen LogP contribution >= 0.6 is 0 Å². The van der Waals surface area contributed by atoms with Gasteiger partial charge in [0.25, 0.3) is 0 Å². The molecule has 4 rings (SSSR count). The van der Waals surface area contributed by atoms with E-state index in [9.17, 15) is 9.59 Å². The van der Waals surface area contributed by atoms with Crippen molar-refractivity contribution in [1.29, 1.82) is 0 Å². The number of benzene rings is 2. The largest absolute Gasteiger partial charge is 0.478 e. The summed E-state index contributed by atoms with van der Waals surface area (Å²) in [4.78, 5) is 19.1. The molecule has 172 valence electrons. The van der Waals surface area contributed by atoms with E-state index in [1.807, 2.05) is 0 Å². The number of hydrogen-bond acceptors (Lipinski definition) is 6. The monoisotopic (exact) mass is 440 g/mol. The molecule has 8 N–H and O–H groups in total. The van der Waals surface area contributed by atoms with Crippen LogP contribution in [0.1, 0.15) is 24.0 Å². The van der Waals surface area contributed by atoms with E-state index < -0.39 is 11.9 Å². The van der Waals surface area contributed by atoms with Gasteiger partial charge in [-0.1, -0.05) is 36.4 Å². The topological polar surface area (TPSA) is 151 Å². The molecule has 0 amide bonds. The van der Waals surface area contributed by atoms with Gasteiger partial charge in [-0.3, -0.25) is 0 Å². The maximum atomic E-state index is 9.55. The van der Waals surface area contributed by atoms with Gasteiger partial charge in [-0.15, -0.1) is 0 Å². The van der Waals surface area contributed by atoms with Crippen LogP contribution in [0.3, 0.4) is 0 Å². The Labute approximate surface area is 188 Å². The Morgan fingerprint density at radius 3 is 1.50 bits per heavy atom. The summed E-state index contributed by atoms with van der Waals surface area (Å²) in [6.07, 6.45) is 5.49. The molecular weight excluding hydrogens is 408 g/mol. The molecule has 0 radical (unpaired) electrons. The van der Waals surface area contributed by atoms with Crippen molar-refractivity contribution in [3.05, 3.63) is 71.8 Å². The first kappa shape index (κ1) is 24.9. The summed E-state index contributed by atoms with van der Waals surface area (Å²) in [6.45, 7) is 1.80. The molecule has 0 saturated heterocycles. The molecule has 2 aromatic rings. The zero-order valence-corrected chi connectivity index (χ0v) is 18.0. The predicted molar refractivity (Wildman–Crippen MR) is 127 cm³/mol. The van der Waals surface area contributed by atoms with E-state index in [1.165, 1.54) is 22.5 Å². The van der Waals surface area contributed by atoms with Crippen molar-refractivity contribution in [2.75, 3.05) is 23.7 Å². The molecule has 2 unspecified atom stereocenters. The molecule has 2 aromatic carbocycles. The lowest BCUT2D eigenvalue weighted by molar-refractivity contribution is -0.134. The Kier molecular flexibility index (Phi) is 10.2. The van der Waals surface area contributed by atoms with Crippen LogP contribution < -0.4 is 22.1 Å². The highest BCUT2D eigenvalue weighted by atomic mass is 16.4. The van der Waals surface area contributed by atoms with Crippen molar-refractivity contribution < 1.29 is 19.8 Å². The standard InChI is InChI=1S/2C10H14N2.C4H4O4/c2*11-9-6-5-8-3-1-2-4-10(8)12-7-9;5-3(6)1-2-4(7)8/h2*1-4,9,12H,5-7,11H2;1-2H,(H,5,6)(H,7,8). The van der Waals surface area contributed by atoms with Crippen LogP contribution in [0.15, 0.2) is 60.7 Å². The van der Waals surface area contributed by atoms with Crippen molar-refractivity contribution in [1.82, 2.24) is 0 Å². The second-order valence-corrected chi connectivity index (χ2v) is 7.68. The van der Waals surface area contributed by atoms with Crippen molar-refractivity contribution in [2.24, 2.45) is 11.5 Å². The molecule has 2 heterocycles. The number of para-hydroxylation sites is 2. The summed E-state index contributed by atoms with van der Waals surface area (Å²) in [6, 6.07) is 17.5. The highest BCUT2D eigenvalue weighted by Gasteiger charge is 2.11. The second-order valence-electron chi connectivity index (χ2n) is 7.68. The van der Waals surface area contributed by atoms with Crippen LogP contribution in [-0.2, 0) is 22.4 Å². The number of rotatable bonds is 2. The lowest BCUT2D eigenvalue weighted by Crippen LogP contribution is -2.27. The van der Waals surface area contributed by atoms with Gasteiger partial charge in [0.05, 0.1) is 0 Å². The van der Waals surface area contributed by atoms with Gasteiger partial charge in [-0.2, -0.15) is 0 Å². The highest BCUT2D eigenvalue weighted by Crippen LogP contribution is 2.20. The van der Waals surface area contributed by atoms with E-state index >= 15 is 0 Å². The minimum absolute atomic E-state index is 0.303. The zero-order chi connectivity index (χ0) is 23.3. The number of nitrogens with two attached hydrogens (primary N) is 2. The van der Waals surface area contributed by atoms with E-state index in [2.05, 4.69) is 59.2 Å². The Balaban J connectivity index is 0.000000175. The molecule has 0 saturated carbocycles. The summed E-state index contributed by atoms with van der Waals surface area (Å²) in [5.41, 5.74) is 17.0. The van der Waals surface area contributed by atoms with Crippen LogP contribution in [0.4, 0.5) is 11.4 Å². The van der Waals surface area contributed by atoms with Crippen LogP contribution in [0.25, 0.3) is 0 Å². The number of aryl methyl sites for hydroxylation is 2. The van der Waals surface area contributed by atoms with Gasteiger partial charge >= 0.3 is 11.9 Å².